The van der Waals surface area contributed by atoms with Crippen LogP contribution in [0.4, 0.5) is 5.69 Å². The van der Waals surface area contributed by atoms with Crippen molar-refractivity contribution in [2.45, 2.75) is 20.3 Å². The highest BCUT2D eigenvalue weighted by Gasteiger charge is 2.06. The summed E-state index contributed by atoms with van der Waals surface area (Å²) in [6.07, 6.45) is 0.974. The molecule has 1 N–H and O–H groups in total. The fourth-order valence-electron chi connectivity index (χ4n) is 1.32. The third-order valence-corrected chi connectivity index (χ3v) is 2.92. The Bertz CT molecular complexity index is 388. The summed E-state index contributed by atoms with van der Waals surface area (Å²) in [6.45, 7) is 8.78. The molecule has 0 heterocycles. The van der Waals surface area contributed by atoms with Crippen LogP contribution in [0.15, 0.2) is 24.3 Å². The van der Waals surface area contributed by atoms with E-state index in [1.807, 2.05) is 19.1 Å². The molecule has 0 aliphatic carbocycles. The maximum Gasteiger partial charge on any atom is 0.143 e. The summed E-state index contributed by atoms with van der Waals surface area (Å²) < 4.78 is 5.27. The third-order valence-electron chi connectivity index (χ3n) is 2.51. The Morgan fingerprint density at radius 3 is 2.75 bits per heavy atom. The molecule has 0 unspecified atom stereocenters. The summed E-state index contributed by atoms with van der Waals surface area (Å²) in [7, 11) is 1.64. The lowest BCUT2D eigenvalue weighted by molar-refractivity contribution is 0.416. The molecule has 16 heavy (non-hydrogen) atoms. The van der Waals surface area contributed by atoms with Crippen LogP contribution in [0.25, 0.3) is 0 Å². The number of methoxy groups -OCH3 is 1. The summed E-state index contributed by atoms with van der Waals surface area (Å²) in [6, 6.07) is 3.82. The molecule has 0 saturated carbocycles. The van der Waals surface area contributed by atoms with Gasteiger partial charge in [-0.05, 0) is 25.0 Å². The van der Waals surface area contributed by atoms with E-state index in [0.29, 0.717) is 0 Å². The summed E-state index contributed by atoms with van der Waals surface area (Å²) in [5.41, 5.74) is 3.15. The molecule has 0 fully saturated rings. The number of ether oxygens (including phenoxy) is 1. The second-order valence-corrected chi connectivity index (χ2v) is 4.17. The first-order chi connectivity index (χ1) is 7.58. The van der Waals surface area contributed by atoms with Crippen LogP contribution in [0.5, 0.6) is 5.75 Å². The highest BCUT2D eigenvalue weighted by Crippen LogP contribution is 2.30. The van der Waals surface area contributed by atoms with Crippen molar-refractivity contribution in [3.05, 3.63) is 34.9 Å². The zero-order valence-corrected chi connectivity index (χ0v) is 10.8. The van der Waals surface area contributed by atoms with Gasteiger partial charge < -0.3 is 10.1 Å². The molecule has 0 spiro atoms. The maximum atomic E-state index is 6.03. The predicted molar refractivity (Wildman–Crippen MR) is 70.7 cm³/mol. The lowest BCUT2D eigenvalue weighted by Crippen LogP contribution is -2.05. The van der Waals surface area contributed by atoms with Crippen LogP contribution in [0.2, 0.25) is 5.02 Å². The monoisotopic (exact) mass is 239 g/mol. The standard InChI is InChI=1S/C13H18ClNO/c1-5-9(2)8-15-12-6-10(3)11(14)7-13(12)16-4/h6-7,15H,2,5,8H2,1,3-4H3. The van der Waals surface area contributed by atoms with E-state index in [0.717, 1.165) is 40.6 Å². The number of rotatable bonds is 5. The quantitative estimate of drug-likeness (QED) is 0.784. The Kier molecular flexibility index (Phi) is 4.69. The second kappa shape index (κ2) is 5.80. The van der Waals surface area contributed by atoms with Crippen LogP contribution in [-0.4, -0.2) is 13.7 Å². The molecule has 1 rings (SSSR count). The van der Waals surface area contributed by atoms with E-state index in [1.165, 1.54) is 0 Å². The molecule has 88 valence electrons. The van der Waals surface area contributed by atoms with Gasteiger partial charge in [0.1, 0.15) is 5.75 Å². The third kappa shape index (κ3) is 3.17. The van der Waals surface area contributed by atoms with Crippen LogP contribution in [0.1, 0.15) is 18.9 Å². The number of aryl methyl sites for hydroxylation is 1. The van der Waals surface area contributed by atoms with Gasteiger partial charge in [0.05, 0.1) is 12.8 Å². The van der Waals surface area contributed by atoms with Crippen molar-refractivity contribution in [2.75, 3.05) is 19.0 Å². The molecule has 0 bridgehead atoms. The van der Waals surface area contributed by atoms with Crippen LogP contribution in [0, 0.1) is 6.92 Å². The van der Waals surface area contributed by atoms with E-state index in [-0.39, 0.29) is 0 Å². The van der Waals surface area contributed by atoms with Crippen molar-refractivity contribution in [1.29, 1.82) is 0 Å². The summed E-state index contributed by atoms with van der Waals surface area (Å²) in [5.74, 6) is 0.763. The van der Waals surface area contributed by atoms with Crippen molar-refractivity contribution >= 4 is 17.3 Å². The number of hydrogen-bond donors (Lipinski definition) is 1. The molecule has 0 atom stereocenters. The highest BCUT2D eigenvalue weighted by atomic mass is 35.5. The SMILES string of the molecule is C=C(CC)CNc1cc(C)c(Cl)cc1OC. The lowest BCUT2D eigenvalue weighted by Gasteiger charge is -2.13. The maximum absolute atomic E-state index is 6.03. The number of anilines is 1. The molecule has 2 nitrogen and oxygen atoms in total. The number of benzene rings is 1. The van der Waals surface area contributed by atoms with Crippen molar-refractivity contribution in [2.24, 2.45) is 0 Å². The number of hydrogen-bond acceptors (Lipinski definition) is 2. The largest absolute Gasteiger partial charge is 0.495 e. The molecule has 0 amide bonds. The molecule has 0 aliphatic rings. The molecule has 0 saturated heterocycles. The molecule has 1 aromatic carbocycles. The topological polar surface area (TPSA) is 21.3 Å². The summed E-state index contributed by atoms with van der Waals surface area (Å²) in [4.78, 5) is 0. The first kappa shape index (κ1) is 12.9. The van der Waals surface area contributed by atoms with Gasteiger partial charge in [-0.2, -0.15) is 0 Å². The van der Waals surface area contributed by atoms with E-state index >= 15 is 0 Å². The Morgan fingerprint density at radius 1 is 1.50 bits per heavy atom. The first-order valence-electron chi connectivity index (χ1n) is 5.33. The average molecular weight is 240 g/mol. The van der Waals surface area contributed by atoms with E-state index in [9.17, 15) is 0 Å². The van der Waals surface area contributed by atoms with Gasteiger partial charge in [0.25, 0.3) is 0 Å². The van der Waals surface area contributed by atoms with Crippen LogP contribution >= 0.6 is 11.6 Å². The Morgan fingerprint density at radius 2 is 2.19 bits per heavy atom. The minimum absolute atomic E-state index is 0.719. The molecule has 0 aromatic heterocycles. The lowest BCUT2D eigenvalue weighted by atomic mass is 10.2. The van der Waals surface area contributed by atoms with Crippen LogP contribution in [0.3, 0.4) is 0 Å². The summed E-state index contributed by atoms with van der Waals surface area (Å²) in [5, 5.41) is 4.02. The number of nitrogens with one attached hydrogen (secondary N) is 1. The first-order valence-corrected chi connectivity index (χ1v) is 5.71. The Balaban J connectivity index is 2.86. The molecule has 0 radical (unpaired) electrons. The van der Waals surface area contributed by atoms with Gasteiger partial charge in [-0.15, -0.1) is 0 Å². The predicted octanol–water partition coefficient (Wildman–Crippen LogP) is 4.04. The zero-order valence-electron chi connectivity index (χ0n) is 10.1. The Hall–Kier alpha value is -1.15. The molecule has 0 aliphatic heterocycles. The molecule has 1 aromatic rings. The van der Waals surface area contributed by atoms with Crippen molar-refractivity contribution in [3.63, 3.8) is 0 Å². The minimum atomic E-state index is 0.719. The van der Waals surface area contributed by atoms with Crippen molar-refractivity contribution < 1.29 is 4.74 Å². The van der Waals surface area contributed by atoms with Crippen molar-refractivity contribution in [1.82, 2.24) is 0 Å². The van der Waals surface area contributed by atoms with Gasteiger partial charge in [0, 0.05) is 17.6 Å². The van der Waals surface area contributed by atoms with Gasteiger partial charge in [0.15, 0.2) is 0 Å². The molecular weight excluding hydrogens is 222 g/mol. The fraction of sp³-hybridized carbons (Fsp3) is 0.385. The van der Waals surface area contributed by atoms with Crippen LogP contribution in [-0.2, 0) is 0 Å². The van der Waals surface area contributed by atoms with Gasteiger partial charge >= 0.3 is 0 Å². The fourth-order valence-corrected chi connectivity index (χ4v) is 1.47. The minimum Gasteiger partial charge on any atom is -0.495 e. The highest BCUT2D eigenvalue weighted by molar-refractivity contribution is 6.31. The van der Waals surface area contributed by atoms with E-state index in [1.54, 1.807) is 7.11 Å². The van der Waals surface area contributed by atoms with E-state index in [4.69, 9.17) is 16.3 Å². The zero-order chi connectivity index (χ0) is 12.1. The van der Waals surface area contributed by atoms with Crippen molar-refractivity contribution in [3.8, 4) is 5.75 Å². The average Bonchev–Trinajstić information content (AvgIpc) is 2.29. The van der Waals surface area contributed by atoms with Crippen LogP contribution < -0.4 is 10.1 Å². The smallest absolute Gasteiger partial charge is 0.143 e. The Labute approximate surface area is 102 Å². The van der Waals surface area contributed by atoms with Gasteiger partial charge in [0.2, 0.25) is 0 Å². The molecule has 3 heteroatoms. The second-order valence-electron chi connectivity index (χ2n) is 3.76. The summed E-state index contributed by atoms with van der Waals surface area (Å²) >= 11 is 6.03. The normalized spacial score (nSPS) is 10.0. The number of halogens is 1. The van der Waals surface area contributed by atoms with E-state index in [2.05, 4.69) is 18.8 Å². The van der Waals surface area contributed by atoms with Gasteiger partial charge in [-0.1, -0.05) is 30.7 Å². The van der Waals surface area contributed by atoms with Gasteiger partial charge in [-0.3, -0.25) is 0 Å². The molecular formula is C13H18ClNO. The van der Waals surface area contributed by atoms with E-state index < -0.39 is 0 Å². The van der Waals surface area contributed by atoms with Gasteiger partial charge in [-0.25, -0.2) is 0 Å².